The van der Waals surface area contributed by atoms with Gasteiger partial charge in [-0.3, -0.25) is 0 Å². The van der Waals surface area contributed by atoms with E-state index in [0.717, 1.165) is 33.6 Å². The molecule has 6 aromatic rings. The first-order valence-corrected chi connectivity index (χ1v) is 13.1. The highest BCUT2D eigenvalue weighted by atomic mass is 35.5. The van der Waals surface area contributed by atoms with Gasteiger partial charge in [-0.05, 0) is 40.3 Å². The quantitative estimate of drug-likeness (QED) is 0.225. The van der Waals surface area contributed by atoms with Crippen molar-refractivity contribution in [1.82, 2.24) is 0 Å². The highest BCUT2D eigenvalue weighted by Gasteiger charge is 2.27. The van der Waals surface area contributed by atoms with Crippen LogP contribution in [-0.2, 0) is 6.42 Å². The van der Waals surface area contributed by atoms with Crippen LogP contribution >= 0.6 is 22.9 Å². The van der Waals surface area contributed by atoms with E-state index in [1.54, 1.807) is 0 Å². The molecule has 1 atom stereocenters. The van der Waals surface area contributed by atoms with Gasteiger partial charge < -0.3 is 4.42 Å². The smallest absolute Gasteiger partial charge is 0.137 e. The van der Waals surface area contributed by atoms with Crippen LogP contribution in [0.25, 0.3) is 53.6 Å². The van der Waals surface area contributed by atoms with Crippen molar-refractivity contribution in [2.75, 3.05) is 0 Å². The van der Waals surface area contributed by atoms with Crippen molar-refractivity contribution in [3.05, 3.63) is 119 Å². The minimum atomic E-state index is 0.335. The van der Waals surface area contributed by atoms with Gasteiger partial charge in [-0.1, -0.05) is 84.4 Å². The molecule has 4 aromatic carbocycles. The third kappa shape index (κ3) is 2.87. The van der Waals surface area contributed by atoms with Gasteiger partial charge >= 0.3 is 0 Å². The molecule has 2 aliphatic carbocycles. The lowest BCUT2D eigenvalue weighted by atomic mass is 9.81. The second-order valence-electron chi connectivity index (χ2n) is 9.44. The molecule has 35 heavy (non-hydrogen) atoms. The van der Waals surface area contributed by atoms with E-state index in [2.05, 4.69) is 85.0 Å². The summed E-state index contributed by atoms with van der Waals surface area (Å²) in [5.74, 6) is 1.39. The average molecular weight is 487 g/mol. The molecule has 0 bridgehead atoms. The summed E-state index contributed by atoms with van der Waals surface area (Å²) in [4.78, 5) is 0. The lowest BCUT2D eigenvalue weighted by Gasteiger charge is -2.23. The average Bonchev–Trinajstić information content (AvgIpc) is 3.44. The van der Waals surface area contributed by atoms with E-state index in [9.17, 15) is 0 Å². The number of furan rings is 1. The third-order valence-corrected chi connectivity index (χ3v) is 8.89. The molecule has 3 heteroatoms. The van der Waals surface area contributed by atoms with Crippen LogP contribution in [0, 0.1) is 5.92 Å². The molecule has 0 saturated carbocycles. The van der Waals surface area contributed by atoms with Gasteiger partial charge in [-0.2, -0.15) is 0 Å². The maximum absolute atomic E-state index is 6.58. The Hall–Kier alpha value is -3.59. The summed E-state index contributed by atoms with van der Waals surface area (Å²) in [6.07, 6.45) is 10.2. The standard InChI is InChI=1S/C32H19ClOS/c33-27-17-29-32(25-7-2-1-5-22(25)27)26-14-21-13-18(9-10-19(21)15-28(26)34-29)20-11-12-24-23-6-3-4-8-30(23)35-31(24)16-20/h1-14,16-17,19H,15H2. The van der Waals surface area contributed by atoms with Crippen LogP contribution < -0.4 is 0 Å². The number of hydrogen-bond acceptors (Lipinski definition) is 2. The van der Waals surface area contributed by atoms with Crippen molar-refractivity contribution in [2.24, 2.45) is 5.92 Å². The fraction of sp³-hybridized carbons (Fsp3) is 0.0625. The van der Waals surface area contributed by atoms with Gasteiger partial charge in [0.25, 0.3) is 0 Å². The van der Waals surface area contributed by atoms with Crippen molar-refractivity contribution >= 4 is 76.5 Å². The number of benzene rings is 4. The number of hydrogen-bond donors (Lipinski definition) is 0. The first-order chi connectivity index (χ1) is 17.2. The Bertz CT molecular complexity index is 1950. The van der Waals surface area contributed by atoms with E-state index in [-0.39, 0.29) is 0 Å². The van der Waals surface area contributed by atoms with E-state index in [1.165, 1.54) is 47.8 Å². The SMILES string of the molecule is Clc1cc2oc3c(c2c2ccccc12)C=C1C=C(c2ccc4c(c2)sc2ccccc24)C=CC1C3. The van der Waals surface area contributed by atoms with Crippen LogP contribution in [0.15, 0.2) is 101 Å². The van der Waals surface area contributed by atoms with Gasteiger partial charge in [-0.25, -0.2) is 0 Å². The van der Waals surface area contributed by atoms with Crippen LogP contribution in [0.1, 0.15) is 16.9 Å². The van der Waals surface area contributed by atoms with Gasteiger partial charge in [0.1, 0.15) is 11.3 Å². The molecular formula is C32H19ClOS. The van der Waals surface area contributed by atoms with Gasteiger partial charge in [0, 0.05) is 54.9 Å². The highest BCUT2D eigenvalue weighted by Crippen LogP contribution is 2.44. The highest BCUT2D eigenvalue weighted by molar-refractivity contribution is 7.25. The van der Waals surface area contributed by atoms with Crippen LogP contribution in [0.4, 0.5) is 0 Å². The Morgan fingerprint density at radius 1 is 0.800 bits per heavy atom. The van der Waals surface area contributed by atoms with E-state index in [0.29, 0.717) is 5.92 Å². The Balaban J connectivity index is 1.28. The summed E-state index contributed by atoms with van der Waals surface area (Å²) in [6.45, 7) is 0. The van der Waals surface area contributed by atoms with Gasteiger partial charge in [-0.15, -0.1) is 11.3 Å². The lowest BCUT2D eigenvalue weighted by molar-refractivity contribution is 0.521. The fourth-order valence-corrected chi connectivity index (χ4v) is 7.16. The minimum Gasteiger partial charge on any atom is -0.460 e. The van der Waals surface area contributed by atoms with Crippen molar-refractivity contribution < 1.29 is 4.42 Å². The van der Waals surface area contributed by atoms with Crippen molar-refractivity contribution in [2.45, 2.75) is 6.42 Å². The summed E-state index contributed by atoms with van der Waals surface area (Å²) >= 11 is 8.45. The molecule has 0 fully saturated rings. The van der Waals surface area contributed by atoms with Crippen molar-refractivity contribution in [1.29, 1.82) is 0 Å². The summed E-state index contributed by atoms with van der Waals surface area (Å²) in [6, 6.07) is 25.8. The molecule has 0 radical (unpaired) electrons. The van der Waals surface area contributed by atoms with Crippen molar-refractivity contribution in [3.63, 3.8) is 0 Å². The van der Waals surface area contributed by atoms with E-state index >= 15 is 0 Å². The first-order valence-electron chi connectivity index (χ1n) is 11.9. The van der Waals surface area contributed by atoms with E-state index in [1.807, 2.05) is 23.5 Å². The van der Waals surface area contributed by atoms with Gasteiger partial charge in [0.2, 0.25) is 0 Å². The molecule has 0 spiro atoms. The third-order valence-electron chi connectivity index (χ3n) is 7.45. The van der Waals surface area contributed by atoms with E-state index < -0.39 is 0 Å². The lowest BCUT2D eigenvalue weighted by Crippen LogP contribution is -2.11. The Labute approximate surface area is 211 Å². The summed E-state index contributed by atoms with van der Waals surface area (Å²) in [7, 11) is 0. The monoisotopic (exact) mass is 486 g/mol. The molecule has 0 saturated heterocycles. The summed E-state index contributed by atoms with van der Waals surface area (Å²) in [5, 5.41) is 6.81. The first kappa shape index (κ1) is 19.7. The fourth-order valence-electron chi connectivity index (χ4n) is 5.75. The van der Waals surface area contributed by atoms with Gasteiger partial charge in [0.15, 0.2) is 0 Å². The largest absolute Gasteiger partial charge is 0.460 e. The normalized spacial score (nSPS) is 17.1. The number of rotatable bonds is 1. The zero-order valence-corrected chi connectivity index (χ0v) is 20.3. The molecule has 166 valence electrons. The second kappa shape index (κ2) is 7.21. The molecule has 2 heterocycles. The zero-order valence-electron chi connectivity index (χ0n) is 18.7. The molecular weight excluding hydrogens is 468 g/mol. The number of halogens is 1. The number of thiophene rings is 1. The number of allylic oxidation sites excluding steroid dienone is 5. The summed E-state index contributed by atoms with van der Waals surface area (Å²) in [5.41, 5.74) is 5.94. The second-order valence-corrected chi connectivity index (χ2v) is 10.9. The predicted molar refractivity (Wildman–Crippen MR) is 150 cm³/mol. The number of fused-ring (bicyclic) bond motifs is 9. The molecule has 0 amide bonds. The molecule has 1 nitrogen and oxygen atoms in total. The molecule has 0 N–H and O–H groups in total. The molecule has 1 unspecified atom stereocenters. The van der Waals surface area contributed by atoms with E-state index in [4.69, 9.17) is 16.0 Å². The Morgan fingerprint density at radius 2 is 1.60 bits per heavy atom. The Morgan fingerprint density at radius 3 is 2.51 bits per heavy atom. The predicted octanol–water partition coefficient (Wildman–Crippen LogP) is 9.82. The van der Waals surface area contributed by atoms with Crippen LogP contribution in [0.2, 0.25) is 5.02 Å². The maximum Gasteiger partial charge on any atom is 0.137 e. The Kier molecular flexibility index (Phi) is 4.05. The van der Waals surface area contributed by atoms with Crippen LogP contribution in [-0.4, -0.2) is 0 Å². The van der Waals surface area contributed by atoms with Crippen LogP contribution in [0.3, 0.4) is 0 Å². The minimum absolute atomic E-state index is 0.335. The summed E-state index contributed by atoms with van der Waals surface area (Å²) < 4.78 is 9.01. The van der Waals surface area contributed by atoms with Crippen LogP contribution in [0.5, 0.6) is 0 Å². The van der Waals surface area contributed by atoms with Crippen molar-refractivity contribution in [3.8, 4) is 0 Å². The molecule has 2 aliphatic rings. The maximum atomic E-state index is 6.58. The zero-order chi connectivity index (χ0) is 23.1. The molecule has 8 rings (SSSR count). The topological polar surface area (TPSA) is 13.1 Å². The van der Waals surface area contributed by atoms with Gasteiger partial charge in [0.05, 0.1) is 5.02 Å². The molecule has 0 aliphatic heterocycles. The molecule has 2 aromatic heterocycles.